The molecule has 0 radical (unpaired) electrons. The molecule has 0 aliphatic carbocycles. The Balaban J connectivity index is 1.07. The van der Waals surface area contributed by atoms with Crippen molar-refractivity contribution in [3.8, 4) is 16.9 Å². The molecule has 2 aliphatic heterocycles. The second-order valence-electron chi connectivity index (χ2n) is 12.9. The summed E-state index contributed by atoms with van der Waals surface area (Å²) in [6, 6.07) is 20.7. The van der Waals surface area contributed by atoms with Crippen LogP contribution in [0.5, 0.6) is 0 Å². The van der Waals surface area contributed by atoms with E-state index < -0.39 is 18.0 Å². The van der Waals surface area contributed by atoms with Gasteiger partial charge in [-0.25, -0.2) is 19.4 Å². The van der Waals surface area contributed by atoms with E-state index in [0.717, 1.165) is 23.4 Å². The Morgan fingerprint density at radius 1 is 0.942 bits per heavy atom. The van der Waals surface area contributed by atoms with E-state index in [4.69, 9.17) is 19.4 Å². The normalized spacial score (nSPS) is 17.7. The summed E-state index contributed by atoms with van der Waals surface area (Å²) in [7, 11) is 1.57. The van der Waals surface area contributed by atoms with Gasteiger partial charge in [-0.15, -0.1) is 0 Å². The van der Waals surface area contributed by atoms with Crippen molar-refractivity contribution in [3.63, 3.8) is 0 Å². The molecule has 7 rings (SSSR count). The fourth-order valence-electron chi connectivity index (χ4n) is 6.56. The number of hydroxylamine groups is 2. The second-order valence-corrected chi connectivity index (χ2v) is 12.9. The number of anilines is 1. The van der Waals surface area contributed by atoms with Crippen molar-refractivity contribution in [2.75, 3.05) is 44.8 Å². The molecule has 3 aromatic heterocycles. The fraction of sp³-hybridized carbons (Fsp3) is 0.316. The summed E-state index contributed by atoms with van der Waals surface area (Å²) in [4.78, 5) is 46.6. The lowest BCUT2D eigenvalue weighted by atomic mass is 9.90. The first kappa shape index (κ1) is 35.0. The summed E-state index contributed by atoms with van der Waals surface area (Å²) >= 11 is 0. The van der Waals surface area contributed by atoms with E-state index in [9.17, 15) is 18.4 Å². The standard InChI is InChI=1S/C38H37F2N7O5/c1-24-32(18-30(48)15-27-21-46(13-14-50-2)52-36(27)26-16-33(39)43-34(40)17-26)47(29-11-7-4-8-12-29)44-35(24)28-19-41-38(42-20-28)45-22-31(23-45)51-37(49)25-9-5-3-6-10-25/h3-12,16-17,19-20,27,31,36H,13-15,18,21-23H2,1-2H3/t27-,36+/m1/s1. The molecule has 268 valence electrons. The maximum atomic E-state index is 14.1. The molecular formula is C38H37F2N7O5. The van der Waals surface area contributed by atoms with Gasteiger partial charge in [-0.2, -0.15) is 23.9 Å². The average Bonchev–Trinajstić information content (AvgIpc) is 3.68. The number of Topliss-reactive ketones (excluding diaryl/α,β-unsaturated/α-hetero) is 1. The minimum absolute atomic E-state index is 0.0594. The van der Waals surface area contributed by atoms with Gasteiger partial charge in [0.1, 0.15) is 18.0 Å². The number of ketones is 1. The highest BCUT2D eigenvalue weighted by atomic mass is 19.1. The van der Waals surface area contributed by atoms with E-state index in [1.807, 2.05) is 48.2 Å². The molecule has 2 aromatic carbocycles. The van der Waals surface area contributed by atoms with Gasteiger partial charge in [0, 0.05) is 56.9 Å². The first-order valence-corrected chi connectivity index (χ1v) is 17.0. The zero-order valence-electron chi connectivity index (χ0n) is 28.7. The van der Waals surface area contributed by atoms with Crippen LogP contribution in [0.1, 0.15) is 39.7 Å². The number of pyridine rings is 1. The molecule has 0 N–H and O–H groups in total. The number of halogens is 2. The molecule has 0 spiro atoms. The quantitative estimate of drug-likeness (QED) is 0.120. The van der Waals surface area contributed by atoms with E-state index in [1.54, 1.807) is 53.5 Å². The first-order valence-electron chi connectivity index (χ1n) is 17.0. The monoisotopic (exact) mass is 709 g/mol. The van der Waals surface area contributed by atoms with Gasteiger partial charge in [0.15, 0.2) is 0 Å². The third-order valence-corrected chi connectivity index (χ3v) is 9.21. The first-order chi connectivity index (χ1) is 25.2. The lowest BCUT2D eigenvalue weighted by Crippen LogP contribution is -2.53. The topological polar surface area (TPSA) is 125 Å². The van der Waals surface area contributed by atoms with Crippen molar-refractivity contribution in [2.45, 2.75) is 32.0 Å². The lowest BCUT2D eigenvalue weighted by molar-refractivity contribution is -0.155. The summed E-state index contributed by atoms with van der Waals surface area (Å²) in [5, 5.41) is 6.59. The zero-order valence-corrected chi connectivity index (χ0v) is 28.7. The number of nitrogens with zero attached hydrogens (tertiary/aromatic N) is 7. The Hall–Kier alpha value is -5.44. The van der Waals surface area contributed by atoms with Crippen LogP contribution in [0.25, 0.3) is 16.9 Å². The SMILES string of the molecule is COCCN1C[C@@H](CC(=O)Cc2c(C)c(-c3cnc(N4CC(OC(=O)c5ccccc5)C4)nc3)nn2-c2ccccc2)[C@H](c2cc(F)nc(F)c2)O1. The predicted octanol–water partition coefficient (Wildman–Crippen LogP) is 5.11. The van der Waals surface area contributed by atoms with E-state index in [2.05, 4.69) is 15.0 Å². The summed E-state index contributed by atoms with van der Waals surface area (Å²) < 4.78 is 40.7. The van der Waals surface area contributed by atoms with Gasteiger partial charge in [0.2, 0.25) is 17.8 Å². The Kier molecular flexibility index (Phi) is 10.4. The van der Waals surface area contributed by atoms with Gasteiger partial charge in [-0.3, -0.25) is 9.63 Å². The second kappa shape index (κ2) is 15.4. The number of esters is 1. The minimum Gasteiger partial charge on any atom is -0.455 e. The molecular weight excluding hydrogens is 672 g/mol. The molecule has 14 heteroatoms. The van der Waals surface area contributed by atoms with Crippen molar-refractivity contribution in [2.24, 2.45) is 5.92 Å². The van der Waals surface area contributed by atoms with Crippen LogP contribution in [-0.2, 0) is 25.5 Å². The molecule has 12 nitrogen and oxygen atoms in total. The van der Waals surface area contributed by atoms with Crippen LogP contribution in [0, 0.1) is 24.7 Å². The number of carbonyl (C=O) groups is 2. The maximum absolute atomic E-state index is 14.1. The predicted molar refractivity (Wildman–Crippen MR) is 185 cm³/mol. The molecule has 2 saturated heterocycles. The summed E-state index contributed by atoms with van der Waals surface area (Å²) in [6.07, 6.45) is 2.56. The molecule has 0 bridgehead atoms. The Bertz CT molecular complexity index is 2010. The third kappa shape index (κ3) is 7.73. The Morgan fingerprint density at radius 3 is 2.29 bits per heavy atom. The van der Waals surface area contributed by atoms with Crippen molar-refractivity contribution in [1.29, 1.82) is 0 Å². The molecule has 0 amide bonds. The van der Waals surface area contributed by atoms with Crippen LogP contribution in [-0.4, -0.2) is 87.5 Å². The summed E-state index contributed by atoms with van der Waals surface area (Å²) in [5.41, 5.74) is 4.38. The van der Waals surface area contributed by atoms with Crippen LogP contribution in [0.3, 0.4) is 0 Å². The van der Waals surface area contributed by atoms with Crippen molar-refractivity contribution in [3.05, 3.63) is 119 Å². The maximum Gasteiger partial charge on any atom is 0.338 e. The Labute approximate surface area is 298 Å². The average molecular weight is 710 g/mol. The molecule has 5 heterocycles. The van der Waals surface area contributed by atoms with Crippen LogP contribution in [0.4, 0.5) is 14.7 Å². The van der Waals surface area contributed by atoms with Crippen LogP contribution in [0.15, 0.2) is 85.2 Å². The van der Waals surface area contributed by atoms with Crippen LogP contribution in [0.2, 0.25) is 0 Å². The van der Waals surface area contributed by atoms with Gasteiger partial charge in [0.05, 0.1) is 42.3 Å². The van der Waals surface area contributed by atoms with Crippen molar-refractivity contribution < 1.29 is 32.7 Å². The Morgan fingerprint density at radius 2 is 1.62 bits per heavy atom. The van der Waals surface area contributed by atoms with E-state index in [-0.39, 0.29) is 42.2 Å². The van der Waals surface area contributed by atoms with E-state index >= 15 is 0 Å². The molecule has 2 atom stereocenters. The minimum atomic E-state index is -0.954. The highest BCUT2D eigenvalue weighted by Gasteiger charge is 2.38. The smallest absolute Gasteiger partial charge is 0.338 e. The van der Waals surface area contributed by atoms with E-state index in [0.29, 0.717) is 61.2 Å². The van der Waals surface area contributed by atoms with Gasteiger partial charge < -0.3 is 14.4 Å². The van der Waals surface area contributed by atoms with E-state index in [1.165, 1.54) is 0 Å². The number of methoxy groups -OCH3 is 1. The number of ether oxygens (including phenoxy) is 2. The summed E-state index contributed by atoms with van der Waals surface area (Å²) in [6.45, 7) is 4.07. The van der Waals surface area contributed by atoms with Gasteiger partial charge in [-0.1, -0.05) is 36.4 Å². The van der Waals surface area contributed by atoms with Crippen LogP contribution >= 0.6 is 0 Å². The fourth-order valence-corrected chi connectivity index (χ4v) is 6.56. The molecule has 0 unspecified atom stereocenters. The number of rotatable bonds is 13. The number of hydrogen-bond donors (Lipinski definition) is 0. The highest BCUT2D eigenvalue weighted by molar-refractivity contribution is 5.89. The molecule has 2 fully saturated rings. The van der Waals surface area contributed by atoms with Gasteiger partial charge >= 0.3 is 5.97 Å². The zero-order chi connectivity index (χ0) is 36.2. The third-order valence-electron chi connectivity index (χ3n) is 9.21. The van der Waals surface area contributed by atoms with Crippen LogP contribution < -0.4 is 4.90 Å². The van der Waals surface area contributed by atoms with Gasteiger partial charge in [-0.05, 0) is 54.4 Å². The molecule has 52 heavy (non-hydrogen) atoms. The number of benzene rings is 2. The summed E-state index contributed by atoms with van der Waals surface area (Å²) in [5.74, 6) is -2.22. The van der Waals surface area contributed by atoms with Crippen molar-refractivity contribution >= 4 is 17.7 Å². The van der Waals surface area contributed by atoms with Crippen molar-refractivity contribution in [1.82, 2.24) is 29.8 Å². The number of para-hydroxylation sites is 1. The number of aromatic nitrogens is 5. The highest BCUT2D eigenvalue weighted by Crippen LogP contribution is 2.37. The lowest BCUT2D eigenvalue weighted by Gasteiger charge is -2.38. The molecule has 2 aliphatic rings. The molecule has 0 saturated carbocycles. The largest absolute Gasteiger partial charge is 0.455 e. The molecule has 5 aromatic rings. The van der Waals surface area contributed by atoms with Gasteiger partial charge in [0.25, 0.3) is 0 Å². The number of hydrogen-bond acceptors (Lipinski definition) is 11. The number of carbonyl (C=O) groups excluding carboxylic acids is 2.